The van der Waals surface area contributed by atoms with Gasteiger partial charge in [0.05, 0.1) is 16.6 Å². The molecule has 1 heterocycles. The van der Waals surface area contributed by atoms with Crippen LogP contribution in [0.1, 0.15) is 5.56 Å². The third kappa shape index (κ3) is 2.88. The fourth-order valence-corrected chi connectivity index (χ4v) is 2.04. The van der Waals surface area contributed by atoms with Crippen LogP contribution >= 0.6 is 23.2 Å². The normalized spacial score (nSPS) is 17.2. The fourth-order valence-electron chi connectivity index (χ4n) is 1.72. The molecule has 1 fully saturated rings. The van der Waals surface area contributed by atoms with Gasteiger partial charge in [0.15, 0.2) is 0 Å². The van der Waals surface area contributed by atoms with Gasteiger partial charge < -0.3 is 5.32 Å². The molecule has 0 saturated carbocycles. The lowest BCUT2D eigenvalue weighted by Gasteiger charge is -2.26. The molecule has 5 heteroatoms. The van der Waals surface area contributed by atoms with Crippen molar-refractivity contribution < 1.29 is 4.79 Å². The van der Waals surface area contributed by atoms with Gasteiger partial charge in [-0.1, -0.05) is 29.3 Å². The van der Waals surface area contributed by atoms with E-state index in [0.29, 0.717) is 23.1 Å². The van der Waals surface area contributed by atoms with Crippen molar-refractivity contribution in [2.45, 2.75) is 6.54 Å². The van der Waals surface area contributed by atoms with Crippen LogP contribution in [0.15, 0.2) is 18.2 Å². The molecule has 0 aromatic heterocycles. The minimum Gasteiger partial charge on any atom is -0.354 e. The monoisotopic (exact) mass is 258 g/mol. The van der Waals surface area contributed by atoms with Gasteiger partial charge in [-0.15, -0.1) is 0 Å². The van der Waals surface area contributed by atoms with E-state index in [2.05, 4.69) is 10.2 Å². The Morgan fingerprint density at radius 2 is 2.12 bits per heavy atom. The van der Waals surface area contributed by atoms with Gasteiger partial charge >= 0.3 is 0 Å². The first-order valence-corrected chi connectivity index (χ1v) is 5.84. The third-order valence-corrected chi connectivity index (χ3v) is 3.25. The fraction of sp³-hybridized carbons (Fsp3) is 0.364. The molecule has 1 aliphatic rings. The second kappa shape index (κ2) is 5.04. The molecular formula is C11H12Cl2N2O. The van der Waals surface area contributed by atoms with Gasteiger partial charge in [-0.25, -0.2) is 0 Å². The van der Waals surface area contributed by atoms with Gasteiger partial charge in [0.2, 0.25) is 5.91 Å². The van der Waals surface area contributed by atoms with Crippen LogP contribution in [-0.4, -0.2) is 30.4 Å². The number of benzene rings is 1. The summed E-state index contributed by atoms with van der Waals surface area (Å²) in [6.45, 7) is 2.75. The minimum atomic E-state index is 0.0753. The van der Waals surface area contributed by atoms with E-state index in [-0.39, 0.29) is 5.91 Å². The van der Waals surface area contributed by atoms with Crippen molar-refractivity contribution in [1.29, 1.82) is 0 Å². The molecule has 0 aliphatic carbocycles. The summed E-state index contributed by atoms with van der Waals surface area (Å²) in [6.07, 6.45) is 0. The summed E-state index contributed by atoms with van der Waals surface area (Å²) >= 11 is 11.8. The van der Waals surface area contributed by atoms with Gasteiger partial charge in [-0.3, -0.25) is 9.69 Å². The Bertz CT molecular complexity index is 409. The average Bonchev–Trinajstić information content (AvgIpc) is 2.24. The maximum atomic E-state index is 11.2. The number of rotatable bonds is 2. The van der Waals surface area contributed by atoms with E-state index in [4.69, 9.17) is 23.2 Å². The van der Waals surface area contributed by atoms with Gasteiger partial charge in [-0.2, -0.15) is 0 Å². The maximum Gasteiger partial charge on any atom is 0.234 e. The molecule has 16 heavy (non-hydrogen) atoms. The summed E-state index contributed by atoms with van der Waals surface area (Å²) < 4.78 is 0. The van der Waals surface area contributed by atoms with Crippen LogP contribution < -0.4 is 5.32 Å². The highest BCUT2D eigenvalue weighted by atomic mass is 35.5. The zero-order valence-electron chi connectivity index (χ0n) is 8.67. The van der Waals surface area contributed by atoms with Gasteiger partial charge in [-0.05, 0) is 17.7 Å². The third-order valence-electron chi connectivity index (χ3n) is 2.51. The van der Waals surface area contributed by atoms with Gasteiger partial charge in [0, 0.05) is 19.6 Å². The Morgan fingerprint density at radius 3 is 2.81 bits per heavy atom. The van der Waals surface area contributed by atoms with E-state index in [1.165, 1.54) is 0 Å². The molecule has 1 aromatic carbocycles. The zero-order chi connectivity index (χ0) is 11.5. The zero-order valence-corrected chi connectivity index (χ0v) is 10.2. The van der Waals surface area contributed by atoms with Crippen molar-refractivity contribution in [3.05, 3.63) is 33.8 Å². The lowest BCUT2D eigenvalue weighted by Crippen LogP contribution is -2.47. The highest BCUT2D eigenvalue weighted by Gasteiger charge is 2.16. The first-order valence-electron chi connectivity index (χ1n) is 5.08. The molecule has 1 aromatic rings. The predicted molar refractivity (Wildman–Crippen MR) is 64.7 cm³/mol. The molecule has 86 valence electrons. The Morgan fingerprint density at radius 1 is 1.31 bits per heavy atom. The Labute approximate surface area is 104 Å². The van der Waals surface area contributed by atoms with Crippen LogP contribution in [0, 0.1) is 0 Å². The van der Waals surface area contributed by atoms with Crippen molar-refractivity contribution >= 4 is 29.1 Å². The SMILES string of the molecule is O=C1CN(Cc2ccc(Cl)c(Cl)c2)CCN1. The highest BCUT2D eigenvalue weighted by molar-refractivity contribution is 6.42. The summed E-state index contributed by atoms with van der Waals surface area (Å²) in [4.78, 5) is 13.3. The molecule has 0 atom stereocenters. The number of nitrogens with zero attached hydrogens (tertiary/aromatic N) is 1. The molecule has 0 unspecified atom stereocenters. The van der Waals surface area contributed by atoms with Crippen LogP contribution in [0.2, 0.25) is 10.0 Å². The standard InChI is InChI=1S/C11H12Cl2N2O/c12-9-2-1-8(5-10(9)13)6-15-4-3-14-11(16)7-15/h1-2,5H,3-4,6-7H2,(H,14,16). The number of halogens is 2. The molecular weight excluding hydrogens is 247 g/mol. The predicted octanol–water partition coefficient (Wildman–Crippen LogP) is 1.93. The lowest BCUT2D eigenvalue weighted by atomic mass is 10.2. The van der Waals surface area contributed by atoms with Crippen LogP contribution in [0.25, 0.3) is 0 Å². The smallest absolute Gasteiger partial charge is 0.234 e. The van der Waals surface area contributed by atoms with E-state index in [0.717, 1.165) is 18.7 Å². The molecule has 1 aliphatic heterocycles. The highest BCUT2D eigenvalue weighted by Crippen LogP contribution is 2.23. The number of carbonyl (C=O) groups is 1. The first kappa shape index (κ1) is 11.7. The summed E-state index contributed by atoms with van der Waals surface area (Å²) in [5, 5.41) is 3.90. The molecule has 0 bridgehead atoms. The maximum absolute atomic E-state index is 11.2. The summed E-state index contributed by atoms with van der Waals surface area (Å²) in [6, 6.07) is 5.56. The van der Waals surface area contributed by atoms with Gasteiger partial charge in [0.25, 0.3) is 0 Å². The van der Waals surface area contributed by atoms with E-state index in [1.54, 1.807) is 6.07 Å². The van der Waals surface area contributed by atoms with Gasteiger partial charge in [0.1, 0.15) is 0 Å². The Hall–Kier alpha value is -0.770. The van der Waals surface area contributed by atoms with Crippen LogP contribution in [0.3, 0.4) is 0 Å². The largest absolute Gasteiger partial charge is 0.354 e. The lowest BCUT2D eigenvalue weighted by molar-refractivity contribution is -0.124. The van der Waals surface area contributed by atoms with E-state index >= 15 is 0 Å². The van der Waals surface area contributed by atoms with E-state index < -0.39 is 0 Å². The number of nitrogens with one attached hydrogen (secondary N) is 1. The van der Waals surface area contributed by atoms with Crippen LogP contribution in [-0.2, 0) is 11.3 Å². The van der Waals surface area contributed by atoms with Crippen molar-refractivity contribution in [3.63, 3.8) is 0 Å². The van der Waals surface area contributed by atoms with Crippen molar-refractivity contribution in [3.8, 4) is 0 Å². The van der Waals surface area contributed by atoms with Crippen molar-refractivity contribution in [2.24, 2.45) is 0 Å². The minimum absolute atomic E-state index is 0.0753. The van der Waals surface area contributed by atoms with Crippen molar-refractivity contribution in [2.75, 3.05) is 19.6 Å². The molecule has 0 radical (unpaired) electrons. The average molecular weight is 259 g/mol. The Balaban J connectivity index is 2.03. The molecule has 0 spiro atoms. The first-order chi connectivity index (χ1) is 7.65. The second-order valence-corrected chi connectivity index (χ2v) is 4.62. The Kier molecular flexibility index (Phi) is 3.69. The van der Waals surface area contributed by atoms with Crippen LogP contribution in [0.5, 0.6) is 0 Å². The molecule has 3 nitrogen and oxygen atoms in total. The molecule has 1 saturated heterocycles. The van der Waals surface area contributed by atoms with Crippen molar-refractivity contribution in [1.82, 2.24) is 10.2 Å². The quantitative estimate of drug-likeness (QED) is 0.880. The number of carbonyl (C=O) groups excluding carboxylic acids is 1. The van der Waals surface area contributed by atoms with Crippen LogP contribution in [0.4, 0.5) is 0 Å². The summed E-state index contributed by atoms with van der Waals surface area (Å²) in [7, 11) is 0. The topological polar surface area (TPSA) is 32.3 Å². The molecule has 1 amide bonds. The molecule has 1 N–H and O–H groups in total. The number of piperazine rings is 1. The van der Waals surface area contributed by atoms with E-state index in [1.807, 2.05) is 12.1 Å². The summed E-state index contributed by atoms with van der Waals surface area (Å²) in [5.41, 5.74) is 1.07. The summed E-state index contributed by atoms with van der Waals surface area (Å²) in [5.74, 6) is 0.0753. The number of hydrogen-bond donors (Lipinski definition) is 1. The second-order valence-electron chi connectivity index (χ2n) is 3.81. The van der Waals surface area contributed by atoms with E-state index in [9.17, 15) is 4.79 Å². The molecule has 2 rings (SSSR count). The number of hydrogen-bond acceptors (Lipinski definition) is 2. The number of amides is 1.